The molecule has 1 saturated heterocycles. The van der Waals surface area contributed by atoms with E-state index in [1.807, 2.05) is 6.92 Å². The summed E-state index contributed by atoms with van der Waals surface area (Å²) in [5.41, 5.74) is 0.153. The summed E-state index contributed by atoms with van der Waals surface area (Å²) in [6.45, 7) is 3.61. The lowest BCUT2D eigenvalue weighted by molar-refractivity contribution is -0.131. The van der Waals surface area contributed by atoms with Crippen molar-refractivity contribution in [3.8, 4) is 17.1 Å². The van der Waals surface area contributed by atoms with E-state index >= 15 is 0 Å². The van der Waals surface area contributed by atoms with Crippen molar-refractivity contribution >= 4 is 17.7 Å². The van der Waals surface area contributed by atoms with Gasteiger partial charge in [0.05, 0.1) is 13.7 Å². The molecule has 0 spiro atoms. The minimum atomic E-state index is -1.24. The second-order valence-electron chi connectivity index (χ2n) is 6.17. The molecule has 1 aromatic heterocycles. The van der Waals surface area contributed by atoms with Crippen LogP contribution in [0.2, 0.25) is 0 Å². The molecule has 8 nitrogen and oxygen atoms in total. The van der Waals surface area contributed by atoms with Gasteiger partial charge in [0.1, 0.15) is 0 Å². The maximum atomic E-state index is 13.6. The Hall–Kier alpha value is -3.10. The highest BCUT2D eigenvalue weighted by Crippen LogP contribution is 2.34. The van der Waals surface area contributed by atoms with E-state index in [-0.39, 0.29) is 35.3 Å². The highest BCUT2D eigenvalue weighted by molar-refractivity contribution is 6.00. The molecule has 9 heteroatoms. The highest BCUT2D eigenvalue weighted by Gasteiger charge is 2.32. The first-order valence-corrected chi connectivity index (χ1v) is 8.55. The van der Waals surface area contributed by atoms with Crippen LogP contribution in [0.4, 0.5) is 10.2 Å². The van der Waals surface area contributed by atoms with Crippen LogP contribution in [0.15, 0.2) is 22.7 Å². The van der Waals surface area contributed by atoms with Crippen LogP contribution in [0.1, 0.15) is 23.7 Å². The summed E-state index contributed by atoms with van der Waals surface area (Å²) in [5.74, 6) is -1.87. The number of carbonyl (C=O) groups excluding carboxylic acids is 1. The minimum absolute atomic E-state index is 0.0146. The molecule has 1 fully saturated rings. The third-order valence-electron chi connectivity index (χ3n) is 4.41. The highest BCUT2D eigenvalue weighted by atomic mass is 19.1. The molecule has 2 aromatic rings. The van der Waals surface area contributed by atoms with E-state index < -0.39 is 11.8 Å². The van der Waals surface area contributed by atoms with Crippen molar-refractivity contribution in [1.29, 1.82) is 0 Å². The van der Waals surface area contributed by atoms with Gasteiger partial charge in [-0.1, -0.05) is 12.1 Å². The van der Waals surface area contributed by atoms with Crippen molar-refractivity contribution in [3.05, 3.63) is 29.6 Å². The van der Waals surface area contributed by atoms with Gasteiger partial charge < -0.3 is 24.2 Å². The molecule has 27 heavy (non-hydrogen) atoms. The molecule has 0 saturated carbocycles. The molecule has 0 unspecified atom stereocenters. The molecule has 1 N–H and O–H groups in total. The zero-order chi connectivity index (χ0) is 19.6. The van der Waals surface area contributed by atoms with Gasteiger partial charge in [0.2, 0.25) is 5.91 Å². The number of carboxylic acids is 1. The average molecular weight is 377 g/mol. The summed E-state index contributed by atoms with van der Waals surface area (Å²) in [6, 6.07) is 3.89. The van der Waals surface area contributed by atoms with E-state index in [4.69, 9.17) is 9.26 Å². The predicted octanol–water partition coefficient (Wildman–Crippen LogP) is 2.25. The van der Waals surface area contributed by atoms with Gasteiger partial charge in [-0.25, -0.2) is 9.18 Å². The van der Waals surface area contributed by atoms with Gasteiger partial charge in [0.25, 0.3) is 0 Å². The smallest absolute Gasteiger partial charge is 0.343 e. The lowest BCUT2D eigenvalue weighted by Crippen LogP contribution is -2.51. The SMILES string of the molecule is CCCN1CCN(c2noc(-c3ccc(F)c(OC)c3)c2C(=O)O)CC1=O. The van der Waals surface area contributed by atoms with E-state index in [1.165, 1.54) is 19.2 Å². The maximum absolute atomic E-state index is 13.6. The third kappa shape index (κ3) is 3.57. The zero-order valence-electron chi connectivity index (χ0n) is 15.1. The number of rotatable bonds is 6. The monoisotopic (exact) mass is 377 g/mol. The van der Waals surface area contributed by atoms with Crippen LogP contribution in [-0.2, 0) is 4.79 Å². The first-order chi connectivity index (χ1) is 13.0. The molecule has 2 heterocycles. The van der Waals surface area contributed by atoms with Crippen LogP contribution in [0.3, 0.4) is 0 Å². The largest absolute Gasteiger partial charge is 0.494 e. The van der Waals surface area contributed by atoms with E-state index in [9.17, 15) is 19.1 Å². The van der Waals surface area contributed by atoms with Crippen molar-refractivity contribution in [2.24, 2.45) is 0 Å². The summed E-state index contributed by atoms with van der Waals surface area (Å²) in [4.78, 5) is 27.5. The first kappa shape index (κ1) is 18.7. The number of anilines is 1. The molecule has 0 atom stereocenters. The molecular formula is C18H20FN3O5. The Morgan fingerprint density at radius 2 is 2.19 bits per heavy atom. The van der Waals surface area contributed by atoms with Gasteiger partial charge in [-0.2, -0.15) is 0 Å². The van der Waals surface area contributed by atoms with E-state index in [2.05, 4.69) is 5.16 Å². The summed E-state index contributed by atoms with van der Waals surface area (Å²) in [7, 11) is 1.31. The molecule has 1 aliphatic heterocycles. The van der Waals surface area contributed by atoms with Gasteiger partial charge in [0.15, 0.2) is 28.7 Å². The van der Waals surface area contributed by atoms with Crippen molar-refractivity contribution in [3.63, 3.8) is 0 Å². The van der Waals surface area contributed by atoms with Gasteiger partial charge in [-0.3, -0.25) is 4.79 Å². The van der Waals surface area contributed by atoms with Gasteiger partial charge in [-0.05, 0) is 24.6 Å². The molecule has 144 valence electrons. The molecular weight excluding hydrogens is 357 g/mol. The fourth-order valence-corrected chi connectivity index (χ4v) is 3.08. The van der Waals surface area contributed by atoms with Crippen LogP contribution < -0.4 is 9.64 Å². The summed E-state index contributed by atoms with van der Waals surface area (Å²) in [6.07, 6.45) is 0.854. The Labute approximate surface area is 155 Å². The van der Waals surface area contributed by atoms with Crippen molar-refractivity contribution in [2.75, 3.05) is 38.2 Å². The molecule has 0 bridgehead atoms. The number of methoxy groups -OCH3 is 1. The second-order valence-corrected chi connectivity index (χ2v) is 6.17. The number of nitrogens with zero attached hydrogens (tertiary/aromatic N) is 3. The number of piperazine rings is 1. The molecule has 3 rings (SSSR count). The van der Waals surface area contributed by atoms with E-state index in [0.29, 0.717) is 25.2 Å². The van der Waals surface area contributed by atoms with Crippen LogP contribution in [0, 0.1) is 5.82 Å². The Kier molecular flexibility index (Phi) is 5.29. The third-order valence-corrected chi connectivity index (χ3v) is 4.41. The summed E-state index contributed by atoms with van der Waals surface area (Å²) >= 11 is 0. The minimum Gasteiger partial charge on any atom is -0.494 e. The van der Waals surface area contributed by atoms with Crippen LogP contribution in [0.5, 0.6) is 5.75 Å². The Morgan fingerprint density at radius 1 is 1.41 bits per heavy atom. The van der Waals surface area contributed by atoms with Gasteiger partial charge >= 0.3 is 5.97 Å². The van der Waals surface area contributed by atoms with Crippen molar-refractivity contribution in [1.82, 2.24) is 10.1 Å². The van der Waals surface area contributed by atoms with E-state index in [0.717, 1.165) is 12.5 Å². The van der Waals surface area contributed by atoms with E-state index in [1.54, 1.807) is 9.80 Å². The molecule has 1 amide bonds. The normalized spacial score (nSPS) is 14.6. The number of benzene rings is 1. The van der Waals surface area contributed by atoms with Crippen molar-refractivity contribution in [2.45, 2.75) is 13.3 Å². The van der Waals surface area contributed by atoms with Crippen molar-refractivity contribution < 1.29 is 28.3 Å². The number of halogens is 1. The number of carbonyl (C=O) groups is 2. The Bertz CT molecular complexity index is 867. The number of carboxylic acid groups (broad SMARTS) is 1. The molecule has 1 aromatic carbocycles. The quantitative estimate of drug-likeness (QED) is 0.825. The molecule has 1 aliphatic rings. The lowest BCUT2D eigenvalue weighted by Gasteiger charge is -2.34. The zero-order valence-corrected chi connectivity index (χ0v) is 15.1. The maximum Gasteiger partial charge on any atom is 0.343 e. The fraction of sp³-hybridized carbons (Fsp3) is 0.389. The Morgan fingerprint density at radius 3 is 2.81 bits per heavy atom. The summed E-state index contributed by atoms with van der Waals surface area (Å²) < 4.78 is 23.8. The predicted molar refractivity (Wildman–Crippen MR) is 94.5 cm³/mol. The molecule has 0 aliphatic carbocycles. The lowest BCUT2D eigenvalue weighted by atomic mass is 10.1. The number of amides is 1. The molecule has 0 radical (unpaired) electrons. The number of hydrogen-bond donors (Lipinski definition) is 1. The Balaban J connectivity index is 1.95. The number of hydrogen-bond acceptors (Lipinski definition) is 6. The van der Waals surface area contributed by atoms with Gasteiger partial charge in [-0.15, -0.1) is 0 Å². The topological polar surface area (TPSA) is 96.1 Å². The number of aromatic nitrogens is 1. The summed E-state index contributed by atoms with van der Waals surface area (Å²) in [5, 5.41) is 13.6. The average Bonchev–Trinajstić information content (AvgIpc) is 3.09. The standard InChI is InChI=1S/C18H20FN3O5/c1-3-6-21-7-8-22(10-14(21)23)17-15(18(24)25)16(27-20-17)11-4-5-12(19)13(9-11)26-2/h4-5,9H,3,6-8,10H2,1-2H3,(H,24,25). The fourth-order valence-electron chi connectivity index (χ4n) is 3.08. The number of ether oxygens (including phenoxy) is 1. The van der Waals surface area contributed by atoms with Crippen LogP contribution >= 0.6 is 0 Å². The van der Waals surface area contributed by atoms with Gasteiger partial charge in [0, 0.05) is 25.2 Å². The number of aromatic carboxylic acids is 1. The van der Waals surface area contributed by atoms with Crippen LogP contribution in [-0.4, -0.2) is 60.3 Å². The van der Waals surface area contributed by atoms with Crippen LogP contribution in [0.25, 0.3) is 11.3 Å². The second kappa shape index (κ2) is 7.65. The first-order valence-electron chi connectivity index (χ1n) is 8.55.